The summed E-state index contributed by atoms with van der Waals surface area (Å²) in [6.07, 6.45) is 6.77. The number of anilines is 2. The Hall–Kier alpha value is -5.86. The van der Waals surface area contributed by atoms with Crippen molar-refractivity contribution in [1.82, 2.24) is 35.5 Å². The minimum atomic E-state index is -0.652. The highest BCUT2D eigenvalue weighted by Gasteiger charge is 2.21. The zero-order chi connectivity index (χ0) is 33.5. The van der Waals surface area contributed by atoms with Gasteiger partial charge in [-0.2, -0.15) is 4.68 Å². The number of imidazole rings is 1. The molecule has 5 aromatic rings. The number of hydrogen-bond donors (Lipinski definition) is 4. The molecular weight excluding hydrogens is 638 g/mol. The molecule has 0 saturated carbocycles. The van der Waals surface area contributed by atoms with Gasteiger partial charge in [0.15, 0.2) is 0 Å². The van der Waals surface area contributed by atoms with Gasteiger partial charge in [0.05, 0.1) is 37.0 Å². The summed E-state index contributed by atoms with van der Waals surface area (Å²) in [6, 6.07) is 16.9. The molecule has 0 aliphatic carbocycles. The van der Waals surface area contributed by atoms with Crippen LogP contribution >= 0.6 is 11.6 Å². The van der Waals surface area contributed by atoms with Crippen LogP contribution in [0, 0.1) is 0 Å². The second-order valence-electron chi connectivity index (χ2n) is 10.7. The van der Waals surface area contributed by atoms with Crippen molar-refractivity contribution in [3.8, 4) is 16.9 Å². The number of aromatic amines is 1. The van der Waals surface area contributed by atoms with E-state index in [9.17, 15) is 14.4 Å². The molecule has 3 heterocycles. The molecule has 3 aromatic carbocycles. The first kappa shape index (κ1) is 32.1. The van der Waals surface area contributed by atoms with Crippen LogP contribution in [0.2, 0.25) is 5.02 Å². The maximum Gasteiger partial charge on any atom is 0.411 e. The Bertz CT molecular complexity index is 1980. The smallest absolute Gasteiger partial charge is 0.411 e. The van der Waals surface area contributed by atoms with Gasteiger partial charge in [0.25, 0.3) is 5.91 Å². The van der Waals surface area contributed by atoms with Gasteiger partial charge >= 0.3 is 6.09 Å². The Labute approximate surface area is 279 Å². The zero-order valence-electron chi connectivity index (χ0n) is 25.6. The van der Waals surface area contributed by atoms with Crippen LogP contribution in [0.5, 0.6) is 0 Å². The number of aryl methyl sites for hydroxylation is 1. The summed E-state index contributed by atoms with van der Waals surface area (Å²) in [7, 11) is 1.26. The van der Waals surface area contributed by atoms with Crippen LogP contribution in [-0.4, -0.2) is 68.4 Å². The number of nitrogens with one attached hydrogen (secondary N) is 4. The molecule has 48 heavy (non-hydrogen) atoms. The normalized spacial score (nSPS) is 15.0. The molecule has 0 radical (unpaired) electrons. The van der Waals surface area contributed by atoms with Gasteiger partial charge in [-0.25, -0.2) is 9.78 Å². The number of fused-ring (bicyclic) bond motifs is 6. The number of H-pyrrole nitrogens is 1. The van der Waals surface area contributed by atoms with Gasteiger partial charge in [0, 0.05) is 40.1 Å². The van der Waals surface area contributed by atoms with Gasteiger partial charge < -0.3 is 25.1 Å². The monoisotopic (exact) mass is 667 g/mol. The zero-order valence-corrected chi connectivity index (χ0v) is 26.4. The Balaban J connectivity index is 1.30. The van der Waals surface area contributed by atoms with E-state index in [0.29, 0.717) is 69.7 Å². The molecule has 0 unspecified atom stereocenters. The molecule has 14 nitrogen and oxygen atoms in total. The fourth-order valence-corrected chi connectivity index (χ4v) is 5.32. The number of carbonyl (C=O) groups is 3. The molecule has 1 atom stereocenters. The molecule has 4 bridgehead atoms. The minimum absolute atomic E-state index is 0.144. The third-order valence-corrected chi connectivity index (χ3v) is 7.69. The van der Waals surface area contributed by atoms with Crippen LogP contribution in [0.1, 0.15) is 39.8 Å². The molecule has 1 aliphatic rings. The largest absolute Gasteiger partial charge is 0.453 e. The predicted molar refractivity (Wildman–Crippen MR) is 178 cm³/mol. The maximum atomic E-state index is 13.4. The van der Waals surface area contributed by atoms with Crippen molar-refractivity contribution in [3.63, 3.8) is 0 Å². The van der Waals surface area contributed by atoms with Crippen LogP contribution in [0.25, 0.3) is 23.0 Å². The summed E-state index contributed by atoms with van der Waals surface area (Å²) >= 11 is 6.23. The third-order valence-electron chi connectivity index (χ3n) is 7.46. The van der Waals surface area contributed by atoms with E-state index in [4.69, 9.17) is 21.1 Å². The molecule has 0 fully saturated rings. The highest BCUT2D eigenvalue weighted by atomic mass is 35.5. The van der Waals surface area contributed by atoms with Crippen molar-refractivity contribution in [2.75, 3.05) is 31.0 Å². The highest BCUT2D eigenvalue weighted by Crippen LogP contribution is 2.31. The number of rotatable bonds is 5. The molecule has 244 valence electrons. The van der Waals surface area contributed by atoms with E-state index in [1.165, 1.54) is 24.2 Å². The first-order valence-corrected chi connectivity index (χ1v) is 15.3. The van der Waals surface area contributed by atoms with Gasteiger partial charge in [-0.05, 0) is 83.4 Å². The van der Waals surface area contributed by atoms with Crippen molar-refractivity contribution in [1.29, 1.82) is 0 Å². The molecular formula is C33H30ClN9O5. The van der Waals surface area contributed by atoms with E-state index >= 15 is 0 Å². The van der Waals surface area contributed by atoms with Crippen molar-refractivity contribution in [3.05, 3.63) is 107 Å². The second-order valence-corrected chi connectivity index (χ2v) is 11.2. The molecule has 4 N–H and O–H groups in total. The van der Waals surface area contributed by atoms with E-state index in [1.54, 1.807) is 54.7 Å². The van der Waals surface area contributed by atoms with Gasteiger partial charge in [-0.15, -0.1) is 5.10 Å². The summed E-state index contributed by atoms with van der Waals surface area (Å²) in [5.41, 5.74) is 4.72. The number of carbonyl (C=O) groups excluding carboxylic acids is 3. The van der Waals surface area contributed by atoms with Gasteiger partial charge in [0.2, 0.25) is 5.91 Å². The van der Waals surface area contributed by atoms with E-state index in [0.717, 1.165) is 5.56 Å². The van der Waals surface area contributed by atoms with Crippen LogP contribution < -0.4 is 16.0 Å². The number of halogens is 1. The summed E-state index contributed by atoms with van der Waals surface area (Å²) in [5.74, 6) is -0.284. The highest BCUT2D eigenvalue weighted by molar-refractivity contribution is 6.30. The molecule has 1 aliphatic heterocycles. The SMILES string of the molecule is COC(=O)Nc1ccc2c(c1)NC(=O)c1cccc(c1)CCCOC[C@H](NC(=O)/C=C/c1cc(Cl)ccc1-n1cnnn1)c1ncc-2[nH]1. The van der Waals surface area contributed by atoms with E-state index in [2.05, 4.69) is 41.4 Å². The Morgan fingerprint density at radius 3 is 2.88 bits per heavy atom. The fraction of sp³-hybridized carbons (Fsp3) is 0.182. The quantitative estimate of drug-likeness (QED) is 0.188. The second kappa shape index (κ2) is 14.7. The third kappa shape index (κ3) is 7.74. The van der Waals surface area contributed by atoms with E-state index < -0.39 is 18.0 Å². The number of nitrogens with zero attached hydrogens (tertiary/aromatic N) is 5. The summed E-state index contributed by atoms with van der Waals surface area (Å²) in [4.78, 5) is 46.4. The molecule has 2 aromatic heterocycles. The van der Waals surface area contributed by atoms with E-state index in [1.807, 2.05) is 18.2 Å². The number of tetrazole rings is 1. The summed E-state index contributed by atoms with van der Waals surface area (Å²) in [6.45, 7) is 0.564. The van der Waals surface area contributed by atoms with Gasteiger partial charge in [-0.3, -0.25) is 14.9 Å². The standard InChI is InChI=1S/C33H30ClN9O5/c1-47-33(46)37-24-9-10-25-26(16-24)40-32(45)22-6-2-4-20(14-22)5-3-13-48-18-28(31-35-17-27(25)39-31)38-30(44)12-7-21-15-23(34)8-11-29(21)43-19-36-41-42-43/h2,4,6-12,14-17,19,28H,3,5,13,18H2,1H3,(H,35,39)(H,37,46)(H,38,44)(H,40,45)/b12-7+/t28-/m0/s1. The number of ether oxygens (including phenoxy) is 2. The Morgan fingerprint density at radius 1 is 1.15 bits per heavy atom. The van der Waals surface area contributed by atoms with E-state index in [-0.39, 0.29) is 12.5 Å². The Kier molecular flexibility index (Phi) is 9.83. The molecule has 15 heteroatoms. The average Bonchev–Trinajstić information content (AvgIpc) is 3.80. The van der Waals surface area contributed by atoms with Crippen LogP contribution in [0.3, 0.4) is 0 Å². The number of methoxy groups -OCH3 is 1. The lowest BCUT2D eigenvalue weighted by Crippen LogP contribution is -2.31. The summed E-state index contributed by atoms with van der Waals surface area (Å²) in [5, 5.41) is 20.3. The van der Waals surface area contributed by atoms with Crippen molar-refractivity contribution >= 4 is 47.0 Å². The lowest BCUT2D eigenvalue weighted by atomic mass is 10.1. The number of aromatic nitrogens is 6. The number of benzene rings is 3. The fourth-order valence-electron chi connectivity index (χ4n) is 5.14. The number of amides is 3. The summed E-state index contributed by atoms with van der Waals surface area (Å²) < 4.78 is 12.2. The Morgan fingerprint density at radius 2 is 2.04 bits per heavy atom. The van der Waals surface area contributed by atoms with Gasteiger partial charge in [-0.1, -0.05) is 23.7 Å². The van der Waals surface area contributed by atoms with Crippen LogP contribution in [0.15, 0.2) is 79.3 Å². The molecule has 0 spiro atoms. The molecule has 3 amide bonds. The van der Waals surface area contributed by atoms with Crippen molar-refractivity contribution < 1.29 is 23.9 Å². The first-order valence-electron chi connectivity index (χ1n) is 14.9. The number of hydrogen-bond acceptors (Lipinski definition) is 9. The first-order chi connectivity index (χ1) is 23.4. The van der Waals surface area contributed by atoms with Gasteiger partial charge in [0.1, 0.15) is 18.2 Å². The van der Waals surface area contributed by atoms with Crippen LogP contribution in [-0.2, 0) is 20.7 Å². The lowest BCUT2D eigenvalue weighted by Gasteiger charge is -2.17. The van der Waals surface area contributed by atoms with Crippen molar-refractivity contribution in [2.45, 2.75) is 18.9 Å². The lowest BCUT2D eigenvalue weighted by molar-refractivity contribution is -0.117. The van der Waals surface area contributed by atoms with Crippen molar-refractivity contribution in [2.24, 2.45) is 0 Å². The minimum Gasteiger partial charge on any atom is -0.453 e. The average molecular weight is 668 g/mol. The predicted octanol–water partition coefficient (Wildman–Crippen LogP) is 4.97. The molecule has 6 rings (SSSR count). The maximum absolute atomic E-state index is 13.4. The molecule has 0 saturated heterocycles. The van der Waals surface area contributed by atoms with Crippen LogP contribution in [0.4, 0.5) is 16.2 Å². The topological polar surface area (TPSA) is 178 Å².